The van der Waals surface area contributed by atoms with Crippen LogP contribution < -0.4 is 15.4 Å². The lowest BCUT2D eigenvalue weighted by molar-refractivity contribution is -0.112. The topological polar surface area (TPSA) is 85.9 Å². The van der Waals surface area contributed by atoms with Crippen molar-refractivity contribution in [2.45, 2.75) is 20.3 Å². The number of benzene rings is 1. The Morgan fingerprint density at radius 1 is 1.32 bits per heavy atom. The normalized spacial score (nSPS) is 13.7. The molecule has 1 aromatic carbocycles. The van der Waals surface area contributed by atoms with E-state index in [4.69, 9.17) is 25.8 Å². The van der Waals surface area contributed by atoms with Gasteiger partial charge in [0.25, 0.3) is 11.8 Å². The van der Waals surface area contributed by atoms with E-state index in [1.165, 1.54) is 24.9 Å². The predicted octanol–water partition coefficient (Wildman–Crippen LogP) is 3.44. The van der Waals surface area contributed by atoms with E-state index in [1.54, 1.807) is 13.0 Å². The van der Waals surface area contributed by atoms with E-state index in [1.807, 2.05) is 6.92 Å². The Kier molecular flexibility index (Phi) is 8.95. The van der Waals surface area contributed by atoms with Crippen LogP contribution in [-0.4, -0.2) is 51.0 Å². The van der Waals surface area contributed by atoms with Crippen molar-refractivity contribution in [3.05, 3.63) is 33.4 Å². The van der Waals surface area contributed by atoms with E-state index in [2.05, 4.69) is 10.6 Å². The Labute approximate surface area is 174 Å². The number of anilines is 1. The quantitative estimate of drug-likeness (QED) is 0.586. The number of carbonyl (C=O) groups is 2. The molecule has 2 rings (SSSR count). The zero-order valence-corrected chi connectivity index (χ0v) is 17.8. The first-order chi connectivity index (χ1) is 13.5. The molecule has 0 radical (unpaired) electrons. The summed E-state index contributed by atoms with van der Waals surface area (Å²) < 4.78 is 16.0. The maximum atomic E-state index is 12.5. The molecule has 0 spiro atoms. The molecule has 0 fully saturated rings. The van der Waals surface area contributed by atoms with Gasteiger partial charge in [0.05, 0.1) is 30.0 Å². The first-order valence-electron chi connectivity index (χ1n) is 8.99. The van der Waals surface area contributed by atoms with Gasteiger partial charge in [0.15, 0.2) is 0 Å². The van der Waals surface area contributed by atoms with Gasteiger partial charge in [0, 0.05) is 31.6 Å². The number of rotatable bonds is 9. The second kappa shape index (κ2) is 11.2. The number of halogens is 1. The molecule has 9 heteroatoms. The van der Waals surface area contributed by atoms with E-state index < -0.39 is 0 Å². The van der Waals surface area contributed by atoms with Crippen molar-refractivity contribution in [3.63, 3.8) is 0 Å². The number of allylic oxidation sites excluding steroid dienone is 1. The van der Waals surface area contributed by atoms with E-state index in [0.717, 1.165) is 0 Å². The van der Waals surface area contributed by atoms with E-state index >= 15 is 0 Å². The minimum absolute atomic E-state index is 0.244. The number of nitrogens with one attached hydrogen (secondary N) is 2. The molecule has 7 nitrogen and oxygen atoms in total. The summed E-state index contributed by atoms with van der Waals surface area (Å²) in [6.45, 7) is 5.95. The molecule has 0 aromatic heterocycles. The summed E-state index contributed by atoms with van der Waals surface area (Å²) in [4.78, 5) is 25.5. The van der Waals surface area contributed by atoms with Crippen LogP contribution in [0.1, 0.15) is 30.6 Å². The standard InChI is InChI=1S/C19H25ClN2O5S/c1-4-26-7-5-6-21-18(23)13-10-14(20)15(11-16(13)25-3)22-19(24)17-12(2)27-8-9-28-17/h10-11H,4-9H2,1-3H3,(H,21,23)(H,22,24). The first kappa shape index (κ1) is 22.4. The number of carbonyl (C=O) groups excluding carboxylic acids is 2. The van der Waals surface area contributed by atoms with Gasteiger partial charge in [-0.15, -0.1) is 11.8 Å². The maximum absolute atomic E-state index is 12.5. The Morgan fingerprint density at radius 2 is 2.11 bits per heavy atom. The van der Waals surface area contributed by atoms with Gasteiger partial charge in [-0.2, -0.15) is 0 Å². The third kappa shape index (κ3) is 6.05. The van der Waals surface area contributed by atoms with Crippen molar-refractivity contribution < 1.29 is 23.8 Å². The highest BCUT2D eigenvalue weighted by atomic mass is 35.5. The molecule has 0 saturated carbocycles. The zero-order chi connectivity index (χ0) is 20.5. The summed E-state index contributed by atoms with van der Waals surface area (Å²) in [6.07, 6.45) is 0.706. The fraction of sp³-hybridized carbons (Fsp3) is 0.474. The van der Waals surface area contributed by atoms with Gasteiger partial charge < -0.3 is 24.8 Å². The van der Waals surface area contributed by atoms with Crippen LogP contribution >= 0.6 is 23.4 Å². The van der Waals surface area contributed by atoms with Gasteiger partial charge >= 0.3 is 0 Å². The van der Waals surface area contributed by atoms with Crippen molar-refractivity contribution in [1.82, 2.24) is 5.32 Å². The highest BCUT2D eigenvalue weighted by Gasteiger charge is 2.21. The molecule has 0 aliphatic carbocycles. The molecular weight excluding hydrogens is 404 g/mol. The molecule has 2 N–H and O–H groups in total. The average molecular weight is 429 g/mol. The molecule has 0 saturated heterocycles. The van der Waals surface area contributed by atoms with Crippen LogP contribution in [0.3, 0.4) is 0 Å². The fourth-order valence-electron chi connectivity index (χ4n) is 2.52. The molecule has 0 bridgehead atoms. The highest BCUT2D eigenvalue weighted by molar-refractivity contribution is 8.04. The molecule has 154 valence electrons. The summed E-state index contributed by atoms with van der Waals surface area (Å²) >= 11 is 7.73. The summed E-state index contributed by atoms with van der Waals surface area (Å²) in [7, 11) is 1.46. The minimum Gasteiger partial charge on any atom is -0.496 e. The molecule has 0 unspecified atom stereocenters. The molecule has 28 heavy (non-hydrogen) atoms. The molecule has 1 aliphatic rings. The second-order valence-electron chi connectivity index (χ2n) is 5.88. The average Bonchev–Trinajstić information content (AvgIpc) is 2.69. The summed E-state index contributed by atoms with van der Waals surface area (Å²) in [5.41, 5.74) is 0.663. The lowest BCUT2D eigenvalue weighted by Gasteiger charge is -2.18. The van der Waals surface area contributed by atoms with Crippen LogP contribution in [0.5, 0.6) is 5.75 Å². The number of hydrogen-bond donors (Lipinski definition) is 2. The number of thioether (sulfide) groups is 1. The number of methoxy groups -OCH3 is 1. The van der Waals surface area contributed by atoms with E-state index in [0.29, 0.717) is 66.2 Å². The molecule has 2 amide bonds. The number of hydrogen-bond acceptors (Lipinski definition) is 6. The Hall–Kier alpha value is -1.90. The predicted molar refractivity (Wildman–Crippen MR) is 111 cm³/mol. The fourth-order valence-corrected chi connectivity index (χ4v) is 3.55. The Bertz CT molecular complexity index is 754. The van der Waals surface area contributed by atoms with Gasteiger partial charge in [0.2, 0.25) is 0 Å². The van der Waals surface area contributed by atoms with E-state index in [9.17, 15) is 9.59 Å². The maximum Gasteiger partial charge on any atom is 0.265 e. The van der Waals surface area contributed by atoms with Gasteiger partial charge in [-0.05, 0) is 26.3 Å². The van der Waals surface area contributed by atoms with Crippen LogP contribution in [0.25, 0.3) is 0 Å². The van der Waals surface area contributed by atoms with Crippen LogP contribution in [0, 0.1) is 0 Å². The highest BCUT2D eigenvalue weighted by Crippen LogP contribution is 2.33. The zero-order valence-electron chi connectivity index (χ0n) is 16.2. The van der Waals surface area contributed by atoms with Gasteiger partial charge in [-0.25, -0.2) is 0 Å². The Balaban J connectivity index is 2.10. The van der Waals surface area contributed by atoms with Crippen molar-refractivity contribution in [1.29, 1.82) is 0 Å². The van der Waals surface area contributed by atoms with Gasteiger partial charge in [-0.1, -0.05) is 11.6 Å². The molecule has 1 heterocycles. The monoisotopic (exact) mass is 428 g/mol. The third-order valence-corrected chi connectivity index (χ3v) is 5.36. The lowest BCUT2D eigenvalue weighted by Crippen LogP contribution is -2.26. The van der Waals surface area contributed by atoms with Crippen LogP contribution in [0.2, 0.25) is 5.02 Å². The first-order valence-corrected chi connectivity index (χ1v) is 10.4. The summed E-state index contributed by atoms with van der Waals surface area (Å²) in [6, 6.07) is 3.03. The molecule has 1 aliphatic heterocycles. The molecular formula is C19H25ClN2O5S. The van der Waals surface area contributed by atoms with Crippen molar-refractivity contribution in [3.8, 4) is 5.75 Å². The van der Waals surface area contributed by atoms with Crippen LogP contribution in [-0.2, 0) is 14.3 Å². The second-order valence-corrected chi connectivity index (χ2v) is 7.39. The molecule has 0 atom stereocenters. The summed E-state index contributed by atoms with van der Waals surface area (Å²) in [5.74, 6) is 1.00. The minimum atomic E-state index is -0.306. The largest absolute Gasteiger partial charge is 0.496 e. The number of ether oxygens (including phenoxy) is 3. The van der Waals surface area contributed by atoms with E-state index in [-0.39, 0.29) is 16.8 Å². The Morgan fingerprint density at radius 3 is 2.79 bits per heavy atom. The van der Waals surface area contributed by atoms with Crippen molar-refractivity contribution in [2.24, 2.45) is 0 Å². The van der Waals surface area contributed by atoms with Gasteiger partial charge in [0.1, 0.15) is 16.4 Å². The molecule has 1 aromatic rings. The smallest absolute Gasteiger partial charge is 0.265 e. The number of amides is 2. The SMILES string of the molecule is CCOCCCNC(=O)c1cc(Cl)c(NC(=O)C2=C(C)OCCS2)cc1OC. The lowest BCUT2D eigenvalue weighted by atomic mass is 10.1. The third-order valence-electron chi connectivity index (χ3n) is 3.91. The van der Waals surface area contributed by atoms with Crippen molar-refractivity contribution >= 4 is 40.9 Å². The van der Waals surface area contributed by atoms with Crippen LogP contribution in [0.4, 0.5) is 5.69 Å². The van der Waals surface area contributed by atoms with Crippen molar-refractivity contribution in [2.75, 3.05) is 44.5 Å². The van der Waals surface area contributed by atoms with Crippen LogP contribution in [0.15, 0.2) is 22.8 Å². The summed E-state index contributed by atoms with van der Waals surface area (Å²) in [5, 5.41) is 5.81. The van der Waals surface area contributed by atoms with Gasteiger partial charge in [-0.3, -0.25) is 9.59 Å².